The van der Waals surface area contributed by atoms with Gasteiger partial charge in [-0.1, -0.05) is 70.8 Å². The van der Waals surface area contributed by atoms with Crippen LogP contribution in [0.1, 0.15) is 87.2 Å². The van der Waals surface area contributed by atoms with Gasteiger partial charge < -0.3 is 5.73 Å². The number of nitrogens with two attached hydrogens (primary N) is 1. The molecule has 0 aliphatic carbocycles. The largest absolute Gasteiger partial charge is 0.364 e. The Balaban J connectivity index is 2.06. The fourth-order valence-electron chi connectivity index (χ4n) is 2.67. The van der Waals surface area contributed by atoms with Crippen LogP contribution in [0.25, 0.3) is 0 Å². The van der Waals surface area contributed by atoms with E-state index < -0.39 is 5.91 Å². The average Bonchev–Trinajstić information content (AvgIpc) is 2.49. The molecule has 0 saturated heterocycles. The molecule has 0 radical (unpaired) electrons. The second-order valence-electron chi connectivity index (χ2n) is 5.81. The molecule has 0 unspecified atom stereocenters. The van der Waals surface area contributed by atoms with Crippen LogP contribution in [-0.4, -0.2) is 10.9 Å². The monoisotopic (exact) mass is 290 g/mol. The van der Waals surface area contributed by atoms with Crippen LogP contribution in [0.2, 0.25) is 0 Å². The Labute approximate surface area is 129 Å². The zero-order chi connectivity index (χ0) is 15.3. The summed E-state index contributed by atoms with van der Waals surface area (Å²) < 4.78 is 0. The minimum Gasteiger partial charge on any atom is -0.364 e. The lowest BCUT2D eigenvalue weighted by molar-refractivity contribution is 0.0994. The van der Waals surface area contributed by atoms with Crippen molar-refractivity contribution < 1.29 is 4.79 Å². The zero-order valence-corrected chi connectivity index (χ0v) is 13.4. The van der Waals surface area contributed by atoms with Crippen LogP contribution >= 0.6 is 0 Å². The van der Waals surface area contributed by atoms with Crippen molar-refractivity contribution >= 4 is 5.91 Å². The smallest absolute Gasteiger partial charge is 0.267 e. The van der Waals surface area contributed by atoms with Gasteiger partial charge in [0, 0.05) is 6.20 Å². The van der Waals surface area contributed by atoms with Gasteiger partial charge in [0.2, 0.25) is 0 Å². The topological polar surface area (TPSA) is 56.0 Å². The van der Waals surface area contributed by atoms with Crippen molar-refractivity contribution in [2.45, 2.75) is 77.6 Å². The summed E-state index contributed by atoms with van der Waals surface area (Å²) in [4.78, 5) is 15.3. The molecule has 2 N–H and O–H groups in total. The molecule has 1 aromatic rings. The van der Waals surface area contributed by atoms with Crippen LogP contribution < -0.4 is 5.73 Å². The van der Waals surface area contributed by atoms with Gasteiger partial charge in [-0.15, -0.1) is 0 Å². The summed E-state index contributed by atoms with van der Waals surface area (Å²) >= 11 is 0. The summed E-state index contributed by atoms with van der Waals surface area (Å²) in [5, 5.41) is 0. The summed E-state index contributed by atoms with van der Waals surface area (Å²) in [6.07, 6.45) is 15.7. The minimum atomic E-state index is -0.419. The third-order valence-electron chi connectivity index (χ3n) is 3.92. The number of amides is 1. The molecule has 1 rings (SSSR count). The predicted molar refractivity (Wildman–Crippen MR) is 88.3 cm³/mol. The Bertz CT molecular complexity index is 404. The zero-order valence-electron chi connectivity index (χ0n) is 13.4. The summed E-state index contributed by atoms with van der Waals surface area (Å²) in [6, 6.07) is 3.83. The van der Waals surface area contributed by atoms with Crippen LogP contribution in [0.4, 0.5) is 0 Å². The fourth-order valence-corrected chi connectivity index (χ4v) is 2.67. The van der Waals surface area contributed by atoms with E-state index in [2.05, 4.69) is 11.9 Å². The average molecular weight is 290 g/mol. The van der Waals surface area contributed by atoms with E-state index in [0.29, 0.717) is 5.69 Å². The van der Waals surface area contributed by atoms with Crippen LogP contribution in [0, 0.1) is 0 Å². The first-order chi connectivity index (χ1) is 10.3. The molecule has 0 aromatic carbocycles. The summed E-state index contributed by atoms with van der Waals surface area (Å²) in [7, 11) is 0. The highest BCUT2D eigenvalue weighted by atomic mass is 16.1. The van der Waals surface area contributed by atoms with Gasteiger partial charge in [-0.25, -0.2) is 0 Å². The molecular weight excluding hydrogens is 260 g/mol. The maximum Gasteiger partial charge on any atom is 0.267 e. The van der Waals surface area contributed by atoms with Crippen LogP contribution in [0.3, 0.4) is 0 Å². The Morgan fingerprint density at radius 2 is 1.57 bits per heavy atom. The SMILES string of the molecule is CCCCCCCCCCCCc1cccnc1C(N)=O. The van der Waals surface area contributed by atoms with Gasteiger partial charge >= 0.3 is 0 Å². The second-order valence-corrected chi connectivity index (χ2v) is 5.81. The number of hydrogen-bond acceptors (Lipinski definition) is 2. The Morgan fingerprint density at radius 3 is 2.14 bits per heavy atom. The molecule has 21 heavy (non-hydrogen) atoms. The standard InChI is InChI=1S/C18H30N2O/c1-2-3-4-5-6-7-8-9-10-11-13-16-14-12-15-20-17(16)18(19)21/h12,14-15H,2-11,13H2,1H3,(H2,19,21). The highest BCUT2D eigenvalue weighted by molar-refractivity contribution is 5.92. The lowest BCUT2D eigenvalue weighted by atomic mass is 10.0. The fraction of sp³-hybridized carbons (Fsp3) is 0.667. The van der Waals surface area contributed by atoms with E-state index >= 15 is 0 Å². The van der Waals surface area contributed by atoms with Gasteiger partial charge in [-0.2, -0.15) is 0 Å². The predicted octanol–water partition coefficient (Wildman–Crippen LogP) is 4.64. The molecule has 0 saturated carbocycles. The summed E-state index contributed by atoms with van der Waals surface area (Å²) in [6.45, 7) is 2.26. The van der Waals surface area contributed by atoms with Gasteiger partial charge in [-0.3, -0.25) is 9.78 Å². The molecule has 0 aliphatic rings. The number of hydrogen-bond donors (Lipinski definition) is 1. The number of aromatic nitrogens is 1. The number of carbonyl (C=O) groups excluding carboxylic acids is 1. The first kappa shape index (κ1) is 17.7. The number of rotatable bonds is 12. The third-order valence-corrected chi connectivity index (χ3v) is 3.92. The molecule has 3 nitrogen and oxygen atoms in total. The van der Waals surface area contributed by atoms with Crippen molar-refractivity contribution in [2.75, 3.05) is 0 Å². The number of primary amides is 1. The van der Waals surface area contributed by atoms with Crippen LogP contribution in [0.5, 0.6) is 0 Å². The quantitative estimate of drug-likeness (QED) is 0.570. The number of nitrogens with zero attached hydrogens (tertiary/aromatic N) is 1. The van der Waals surface area contributed by atoms with E-state index in [-0.39, 0.29) is 0 Å². The molecule has 118 valence electrons. The van der Waals surface area contributed by atoms with E-state index in [4.69, 9.17) is 5.73 Å². The first-order valence-electron chi connectivity index (χ1n) is 8.49. The Hall–Kier alpha value is -1.38. The second kappa shape index (κ2) is 11.3. The van der Waals surface area contributed by atoms with Gasteiger partial charge in [0.25, 0.3) is 5.91 Å². The molecule has 0 atom stereocenters. The van der Waals surface area contributed by atoms with Gasteiger partial charge in [0.1, 0.15) is 5.69 Å². The van der Waals surface area contributed by atoms with Crippen molar-refractivity contribution in [1.82, 2.24) is 4.98 Å². The molecule has 0 spiro atoms. The van der Waals surface area contributed by atoms with Crippen molar-refractivity contribution in [3.8, 4) is 0 Å². The van der Waals surface area contributed by atoms with Gasteiger partial charge in [-0.05, 0) is 24.5 Å². The number of carbonyl (C=O) groups is 1. The molecular formula is C18H30N2O. The lowest BCUT2D eigenvalue weighted by Gasteiger charge is -2.05. The molecule has 1 aromatic heterocycles. The van der Waals surface area contributed by atoms with Gasteiger partial charge in [0.05, 0.1) is 0 Å². The maximum atomic E-state index is 11.3. The van der Waals surface area contributed by atoms with Crippen molar-refractivity contribution in [1.29, 1.82) is 0 Å². The normalized spacial score (nSPS) is 10.7. The highest BCUT2D eigenvalue weighted by Crippen LogP contribution is 2.13. The molecule has 1 heterocycles. The minimum absolute atomic E-state index is 0.419. The third kappa shape index (κ3) is 7.84. The maximum absolute atomic E-state index is 11.3. The van der Waals surface area contributed by atoms with Crippen molar-refractivity contribution in [3.63, 3.8) is 0 Å². The van der Waals surface area contributed by atoms with E-state index in [1.165, 1.54) is 57.8 Å². The Kier molecular flexibility index (Phi) is 9.51. The van der Waals surface area contributed by atoms with E-state index in [1.807, 2.05) is 12.1 Å². The lowest BCUT2D eigenvalue weighted by Crippen LogP contribution is -2.15. The number of unbranched alkanes of at least 4 members (excludes halogenated alkanes) is 9. The summed E-state index contributed by atoms with van der Waals surface area (Å²) in [5.41, 5.74) is 6.76. The van der Waals surface area contributed by atoms with E-state index in [1.54, 1.807) is 6.20 Å². The van der Waals surface area contributed by atoms with Crippen LogP contribution in [-0.2, 0) is 6.42 Å². The van der Waals surface area contributed by atoms with E-state index in [0.717, 1.165) is 18.4 Å². The van der Waals surface area contributed by atoms with Crippen LogP contribution in [0.15, 0.2) is 18.3 Å². The van der Waals surface area contributed by atoms with E-state index in [9.17, 15) is 4.79 Å². The number of aryl methyl sites for hydroxylation is 1. The first-order valence-corrected chi connectivity index (χ1v) is 8.49. The van der Waals surface area contributed by atoms with Crippen molar-refractivity contribution in [2.24, 2.45) is 5.73 Å². The summed E-state index contributed by atoms with van der Waals surface area (Å²) in [5.74, 6) is -0.419. The van der Waals surface area contributed by atoms with Crippen molar-refractivity contribution in [3.05, 3.63) is 29.6 Å². The molecule has 0 fully saturated rings. The molecule has 0 aliphatic heterocycles. The molecule has 3 heteroatoms. The molecule has 0 bridgehead atoms. The Morgan fingerprint density at radius 1 is 1.00 bits per heavy atom. The highest BCUT2D eigenvalue weighted by Gasteiger charge is 2.08. The molecule has 1 amide bonds. The van der Waals surface area contributed by atoms with Gasteiger partial charge in [0.15, 0.2) is 0 Å². The number of pyridine rings is 1.